The summed E-state index contributed by atoms with van der Waals surface area (Å²) in [5, 5.41) is 4.07. The van der Waals surface area contributed by atoms with Gasteiger partial charge in [-0.25, -0.2) is 22.2 Å². The van der Waals surface area contributed by atoms with Gasteiger partial charge in [0, 0.05) is 16.0 Å². The Hall–Kier alpha value is -1.94. The van der Waals surface area contributed by atoms with Crippen LogP contribution < -0.4 is 10.0 Å². The molecule has 0 saturated heterocycles. The van der Waals surface area contributed by atoms with Crippen molar-refractivity contribution in [1.82, 2.24) is 4.98 Å². The maximum atomic E-state index is 14.7. The number of nitrogens with one attached hydrogen (secondary N) is 2. The van der Waals surface area contributed by atoms with E-state index in [9.17, 15) is 17.2 Å². The van der Waals surface area contributed by atoms with Gasteiger partial charge in [-0.2, -0.15) is 0 Å². The van der Waals surface area contributed by atoms with Crippen LogP contribution in [0.3, 0.4) is 0 Å². The number of rotatable bonds is 6. The van der Waals surface area contributed by atoms with E-state index in [0.29, 0.717) is 0 Å². The standard InChI is InChI=1S/C17H13Cl2F2N3O2S2/c1-9(15-10(18)3-2-4-11(15)20)23-12-5-6-13(17(21)16(12)19)28(25,26)24-14-7-27-8-22-14/h2-9,23-24H,1H3. The summed E-state index contributed by atoms with van der Waals surface area (Å²) in [7, 11) is -4.22. The molecule has 3 rings (SSSR count). The number of benzene rings is 2. The van der Waals surface area contributed by atoms with Crippen LogP contribution in [-0.4, -0.2) is 13.4 Å². The van der Waals surface area contributed by atoms with Crippen LogP contribution in [0, 0.1) is 11.6 Å². The third-order valence-electron chi connectivity index (χ3n) is 3.81. The second-order valence-electron chi connectivity index (χ2n) is 5.72. The van der Waals surface area contributed by atoms with Crippen LogP contribution in [0.25, 0.3) is 0 Å². The van der Waals surface area contributed by atoms with Crippen molar-refractivity contribution in [2.75, 3.05) is 10.0 Å². The summed E-state index contributed by atoms with van der Waals surface area (Å²) in [5.74, 6) is -1.59. The molecular weight excluding hydrogens is 451 g/mol. The van der Waals surface area contributed by atoms with Crippen molar-refractivity contribution < 1.29 is 17.2 Å². The molecule has 1 aromatic heterocycles. The van der Waals surface area contributed by atoms with Crippen molar-refractivity contribution in [2.45, 2.75) is 17.9 Å². The number of aromatic nitrogens is 1. The fraction of sp³-hybridized carbons (Fsp3) is 0.118. The van der Waals surface area contributed by atoms with E-state index in [1.165, 1.54) is 46.5 Å². The monoisotopic (exact) mass is 463 g/mol. The predicted molar refractivity (Wildman–Crippen MR) is 108 cm³/mol. The van der Waals surface area contributed by atoms with E-state index in [-0.39, 0.29) is 22.1 Å². The van der Waals surface area contributed by atoms with Gasteiger partial charge in [0.15, 0.2) is 11.6 Å². The fourth-order valence-electron chi connectivity index (χ4n) is 2.54. The highest BCUT2D eigenvalue weighted by Crippen LogP contribution is 2.34. The van der Waals surface area contributed by atoms with E-state index in [2.05, 4.69) is 15.0 Å². The largest absolute Gasteiger partial charge is 0.377 e. The van der Waals surface area contributed by atoms with Crippen molar-refractivity contribution >= 4 is 56.1 Å². The first kappa shape index (κ1) is 20.8. The molecule has 11 heteroatoms. The second kappa shape index (κ2) is 8.20. The smallest absolute Gasteiger partial charge is 0.266 e. The summed E-state index contributed by atoms with van der Waals surface area (Å²) in [6, 6.07) is 5.96. The second-order valence-corrected chi connectivity index (χ2v) is 8.87. The molecule has 148 valence electrons. The van der Waals surface area contributed by atoms with Gasteiger partial charge in [-0.3, -0.25) is 4.72 Å². The van der Waals surface area contributed by atoms with Crippen molar-refractivity contribution in [1.29, 1.82) is 0 Å². The Morgan fingerprint density at radius 3 is 2.57 bits per heavy atom. The minimum atomic E-state index is -4.22. The third-order valence-corrected chi connectivity index (χ3v) is 6.47. The van der Waals surface area contributed by atoms with E-state index >= 15 is 0 Å². The maximum Gasteiger partial charge on any atom is 0.266 e. The Morgan fingerprint density at radius 2 is 1.93 bits per heavy atom. The van der Waals surface area contributed by atoms with Crippen LogP contribution in [0.1, 0.15) is 18.5 Å². The van der Waals surface area contributed by atoms with Gasteiger partial charge in [0.05, 0.1) is 17.2 Å². The molecule has 0 saturated carbocycles. The summed E-state index contributed by atoms with van der Waals surface area (Å²) in [6.45, 7) is 1.62. The minimum Gasteiger partial charge on any atom is -0.377 e. The molecule has 1 heterocycles. The maximum absolute atomic E-state index is 14.7. The van der Waals surface area contributed by atoms with Crippen LogP contribution in [0.15, 0.2) is 46.1 Å². The zero-order valence-corrected chi connectivity index (χ0v) is 17.4. The van der Waals surface area contributed by atoms with Gasteiger partial charge in [0.1, 0.15) is 15.7 Å². The average Bonchev–Trinajstić information content (AvgIpc) is 3.11. The molecule has 2 aromatic carbocycles. The summed E-state index contributed by atoms with van der Waals surface area (Å²) in [5.41, 5.74) is 1.71. The lowest BCUT2D eigenvalue weighted by molar-refractivity contribution is 0.570. The fourth-order valence-corrected chi connectivity index (χ4v) is 4.78. The van der Waals surface area contributed by atoms with Gasteiger partial charge in [-0.15, -0.1) is 11.3 Å². The van der Waals surface area contributed by atoms with Gasteiger partial charge in [-0.05, 0) is 31.2 Å². The lowest BCUT2D eigenvalue weighted by Crippen LogP contribution is -2.16. The van der Waals surface area contributed by atoms with Gasteiger partial charge < -0.3 is 5.32 Å². The first-order chi connectivity index (χ1) is 13.2. The van der Waals surface area contributed by atoms with Crippen LogP contribution >= 0.6 is 34.5 Å². The molecule has 0 aliphatic rings. The van der Waals surface area contributed by atoms with Gasteiger partial charge in [0.25, 0.3) is 10.0 Å². The minimum absolute atomic E-state index is 0.0746. The number of nitrogens with zero attached hydrogens (tertiary/aromatic N) is 1. The lowest BCUT2D eigenvalue weighted by Gasteiger charge is -2.19. The Labute approximate surface area is 174 Å². The molecule has 0 bridgehead atoms. The summed E-state index contributed by atoms with van der Waals surface area (Å²) >= 11 is 13.2. The Balaban J connectivity index is 1.90. The molecule has 0 spiro atoms. The molecule has 3 aromatic rings. The predicted octanol–water partition coefficient (Wildman–Crippen LogP) is 5.70. The van der Waals surface area contributed by atoms with Crippen LogP contribution in [0.2, 0.25) is 10.0 Å². The van der Waals surface area contributed by atoms with Crippen molar-refractivity contribution in [3.05, 3.63) is 68.5 Å². The van der Waals surface area contributed by atoms with Crippen LogP contribution in [0.4, 0.5) is 20.3 Å². The highest BCUT2D eigenvalue weighted by Gasteiger charge is 2.24. The topological polar surface area (TPSA) is 71.1 Å². The number of anilines is 2. The number of thiazole rings is 1. The SMILES string of the molecule is CC(Nc1ccc(S(=O)(=O)Nc2cscn2)c(F)c1Cl)c1c(F)cccc1Cl. The molecule has 0 fully saturated rings. The molecule has 28 heavy (non-hydrogen) atoms. The van der Waals surface area contributed by atoms with Crippen molar-refractivity contribution in [3.8, 4) is 0 Å². The number of sulfonamides is 1. The molecule has 1 unspecified atom stereocenters. The third kappa shape index (κ3) is 4.22. The van der Waals surface area contributed by atoms with Gasteiger partial charge in [-0.1, -0.05) is 29.3 Å². The summed E-state index contributed by atoms with van der Waals surface area (Å²) < 4.78 is 55.7. The van der Waals surface area contributed by atoms with Crippen molar-refractivity contribution in [3.63, 3.8) is 0 Å². The van der Waals surface area contributed by atoms with E-state index in [0.717, 1.165) is 6.07 Å². The quantitative estimate of drug-likeness (QED) is 0.491. The highest BCUT2D eigenvalue weighted by molar-refractivity contribution is 7.92. The Kier molecular flexibility index (Phi) is 6.09. The van der Waals surface area contributed by atoms with E-state index in [1.54, 1.807) is 6.92 Å². The van der Waals surface area contributed by atoms with Gasteiger partial charge >= 0.3 is 0 Å². The van der Waals surface area contributed by atoms with Crippen LogP contribution in [-0.2, 0) is 10.0 Å². The Morgan fingerprint density at radius 1 is 1.18 bits per heavy atom. The zero-order chi connectivity index (χ0) is 20.5. The molecule has 2 N–H and O–H groups in total. The molecule has 0 aliphatic carbocycles. The summed E-state index contributed by atoms with van der Waals surface area (Å²) in [4.78, 5) is 3.17. The highest BCUT2D eigenvalue weighted by atomic mass is 35.5. The van der Waals surface area contributed by atoms with E-state index < -0.39 is 37.6 Å². The molecule has 0 aliphatic heterocycles. The van der Waals surface area contributed by atoms with Gasteiger partial charge in [0.2, 0.25) is 0 Å². The van der Waals surface area contributed by atoms with E-state index in [4.69, 9.17) is 23.2 Å². The zero-order valence-electron chi connectivity index (χ0n) is 14.2. The molecule has 1 atom stereocenters. The number of hydrogen-bond acceptors (Lipinski definition) is 5. The summed E-state index contributed by atoms with van der Waals surface area (Å²) in [6.07, 6.45) is 0. The lowest BCUT2D eigenvalue weighted by atomic mass is 10.1. The molecule has 0 radical (unpaired) electrons. The first-order valence-electron chi connectivity index (χ1n) is 7.80. The molecular formula is C17H13Cl2F2N3O2S2. The average molecular weight is 464 g/mol. The van der Waals surface area contributed by atoms with Crippen LogP contribution in [0.5, 0.6) is 0 Å². The van der Waals surface area contributed by atoms with E-state index in [1.807, 2.05) is 0 Å². The van der Waals surface area contributed by atoms with Crippen molar-refractivity contribution in [2.24, 2.45) is 0 Å². The first-order valence-corrected chi connectivity index (χ1v) is 11.0. The molecule has 5 nitrogen and oxygen atoms in total. The molecule has 0 amide bonds. The number of halogens is 4. The Bertz CT molecular complexity index is 1090. The number of hydrogen-bond donors (Lipinski definition) is 2. The normalized spacial score (nSPS) is 12.6.